The molecule has 0 radical (unpaired) electrons. The quantitative estimate of drug-likeness (QED) is 0.237. The fourth-order valence-electron chi connectivity index (χ4n) is 3.28. The van der Waals surface area contributed by atoms with Gasteiger partial charge in [-0.3, -0.25) is 4.55 Å². The lowest BCUT2D eigenvalue weighted by atomic mass is 10.1. The molecule has 168 valence electrons. The van der Waals surface area contributed by atoms with Gasteiger partial charge in [0.05, 0.1) is 4.90 Å². The third-order valence-electron chi connectivity index (χ3n) is 5.09. The van der Waals surface area contributed by atoms with Crippen LogP contribution >= 0.6 is 0 Å². The zero-order valence-corrected chi connectivity index (χ0v) is 19.8. The lowest BCUT2D eigenvalue weighted by Gasteiger charge is -2.01. The summed E-state index contributed by atoms with van der Waals surface area (Å²) in [5.41, 5.74) is 2.31. The van der Waals surface area contributed by atoms with Gasteiger partial charge in [0, 0.05) is 18.1 Å². The van der Waals surface area contributed by atoms with E-state index in [4.69, 9.17) is 4.55 Å². The zero-order valence-electron chi connectivity index (χ0n) is 19.0. The van der Waals surface area contributed by atoms with Crippen LogP contribution in [-0.2, 0) is 16.7 Å². The average molecular weight is 435 g/mol. The number of pyridine rings is 1. The summed E-state index contributed by atoms with van der Waals surface area (Å²) in [6, 6.07) is 10.3. The number of aromatic nitrogens is 1. The Hall–Kier alpha value is -1.72. The summed E-state index contributed by atoms with van der Waals surface area (Å²) in [6.07, 6.45) is 18.6. The van der Waals surface area contributed by atoms with E-state index >= 15 is 0 Å². The Balaban J connectivity index is 0.000000346. The first-order chi connectivity index (χ1) is 14.3. The van der Waals surface area contributed by atoms with Gasteiger partial charge in [0.2, 0.25) is 0 Å². The van der Waals surface area contributed by atoms with Gasteiger partial charge in [0.1, 0.15) is 6.54 Å². The number of benzene rings is 1. The highest BCUT2D eigenvalue weighted by atomic mass is 32.2. The Labute approximate surface area is 184 Å². The first-order valence-corrected chi connectivity index (χ1v) is 12.8. The van der Waals surface area contributed by atoms with Crippen LogP contribution in [0.2, 0.25) is 0 Å². The van der Waals surface area contributed by atoms with E-state index in [0.29, 0.717) is 0 Å². The van der Waals surface area contributed by atoms with E-state index in [-0.39, 0.29) is 4.90 Å². The topological polar surface area (TPSA) is 58.2 Å². The number of hydrogen-bond acceptors (Lipinski definition) is 2. The highest BCUT2D eigenvalue weighted by molar-refractivity contribution is 7.85. The molecule has 1 aromatic carbocycles. The van der Waals surface area contributed by atoms with Crippen molar-refractivity contribution in [2.45, 2.75) is 96.4 Å². The van der Waals surface area contributed by atoms with E-state index in [1.54, 1.807) is 12.1 Å². The third kappa shape index (κ3) is 12.8. The van der Waals surface area contributed by atoms with Crippen LogP contribution in [0.4, 0.5) is 0 Å². The van der Waals surface area contributed by atoms with Crippen molar-refractivity contribution < 1.29 is 17.5 Å². The molecule has 0 spiro atoms. The molecule has 4 nitrogen and oxygen atoms in total. The van der Waals surface area contributed by atoms with Gasteiger partial charge in [-0.05, 0) is 38.5 Å². The molecule has 0 saturated heterocycles. The molecule has 0 atom stereocenters. The normalized spacial score (nSPS) is 11.1. The summed E-state index contributed by atoms with van der Waals surface area (Å²) in [5.74, 6) is 0. The van der Waals surface area contributed by atoms with Crippen molar-refractivity contribution in [3.8, 4) is 0 Å². The molecule has 0 fully saturated rings. The number of nitrogens with zero attached hydrogens (tertiary/aromatic N) is 1. The van der Waals surface area contributed by atoms with Crippen LogP contribution in [0.3, 0.4) is 0 Å². The maximum atomic E-state index is 10.5. The Morgan fingerprint density at radius 2 is 1.30 bits per heavy atom. The smallest absolute Gasteiger partial charge is 0.282 e. The van der Waals surface area contributed by atoms with E-state index in [1.165, 1.54) is 88.4 Å². The van der Waals surface area contributed by atoms with Crippen LogP contribution in [0, 0.1) is 13.8 Å². The first kappa shape index (κ1) is 26.3. The van der Waals surface area contributed by atoms with Crippen LogP contribution in [0.15, 0.2) is 53.7 Å². The standard InChI is InChI=1S/C18H32N.C7H8O3S/c1-3-4-5-6-7-8-9-10-11-12-15-19-16-13-14-18(2)17-19;1-6-2-4-7(5-3-6)11(8,9)10/h13-14,16-17H,3-12,15H2,1-2H3;2-5H,1H3,(H,8,9,10)/q+1;. The lowest BCUT2D eigenvalue weighted by molar-refractivity contribution is -0.697. The minimum atomic E-state index is -4.02. The number of aryl methyl sites for hydroxylation is 3. The monoisotopic (exact) mass is 434 g/mol. The van der Waals surface area contributed by atoms with Gasteiger partial charge >= 0.3 is 0 Å². The summed E-state index contributed by atoms with van der Waals surface area (Å²) in [7, 11) is -4.02. The van der Waals surface area contributed by atoms with Crippen molar-refractivity contribution in [1.82, 2.24) is 0 Å². The maximum Gasteiger partial charge on any atom is 0.294 e. The zero-order chi connectivity index (χ0) is 22.2. The Kier molecular flexibility index (Phi) is 13.3. The maximum absolute atomic E-state index is 10.5. The molecular weight excluding hydrogens is 394 g/mol. The SMILES string of the molecule is CCCCCCCCCCCC[n+]1cccc(C)c1.Cc1ccc(S(=O)(=O)O)cc1. The molecule has 5 heteroatoms. The predicted molar refractivity (Wildman–Crippen MR) is 124 cm³/mol. The van der Waals surface area contributed by atoms with Crippen LogP contribution in [0.5, 0.6) is 0 Å². The fraction of sp³-hybridized carbons (Fsp3) is 0.560. The summed E-state index contributed by atoms with van der Waals surface area (Å²) in [6.45, 7) is 7.47. The first-order valence-electron chi connectivity index (χ1n) is 11.3. The molecule has 30 heavy (non-hydrogen) atoms. The van der Waals surface area contributed by atoms with Gasteiger partial charge in [0.25, 0.3) is 10.1 Å². The summed E-state index contributed by atoms with van der Waals surface area (Å²) < 4.78 is 31.9. The molecule has 0 saturated carbocycles. The van der Waals surface area contributed by atoms with Crippen molar-refractivity contribution in [3.05, 3.63) is 59.9 Å². The highest BCUT2D eigenvalue weighted by Gasteiger charge is 2.06. The molecule has 0 aliphatic carbocycles. The van der Waals surface area contributed by atoms with E-state index < -0.39 is 10.1 Å². The average Bonchev–Trinajstić information content (AvgIpc) is 2.70. The fourth-order valence-corrected chi connectivity index (χ4v) is 3.76. The lowest BCUT2D eigenvalue weighted by Crippen LogP contribution is -2.32. The highest BCUT2D eigenvalue weighted by Crippen LogP contribution is 2.10. The summed E-state index contributed by atoms with van der Waals surface area (Å²) in [5, 5.41) is 0. The van der Waals surface area contributed by atoms with Crippen LogP contribution in [0.1, 0.15) is 82.3 Å². The predicted octanol–water partition coefficient (Wildman–Crippen LogP) is 6.45. The Morgan fingerprint density at radius 1 is 0.767 bits per heavy atom. The molecule has 0 bridgehead atoms. The van der Waals surface area contributed by atoms with Crippen molar-refractivity contribution in [3.63, 3.8) is 0 Å². The summed E-state index contributed by atoms with van der Waals surface area (Å²) in [4.78, 5) is -0.0666. The molecular formula is C25H40NO3S+. The molecule has 0 aliphatic rings. The second-order valence-electron chi connectivity index (χ2n) is 8.09. The van der Waals surface area contributed by atoms with E-state index in [1.807, 2.05) is 6.92 Å². The molecule has 0 amide bonds. The van der Waals surface area contributed by atoms with Crippen molar-refractivity contribution in [1.29, 1.82) is 0 Å². The van der Waals surface area contributed by atoms with Gasteiger partial charge < -0.3 is 0 Å². The van der Waals surface area contributed by atoms with Gasteiger partial charge in [-0.15, -0.1) is 0 Å². The minimum Gasteiger partial charge on any atom is -0.282 e. The number of hydrogen-bond donors (Lipinski definition) is 1. The van der Waals surface area contributed by atoms with Crippen molar-refractivity contribution in [2.24, 2.45) is 0 Å². The van der Waals surface area contributed by atoms with Gasteiger partial charge in [-0.1, -0.05) is 76.0 Å². The van der Waals surface area contributed by atoms with Gasteiger partial charge in [-0.25, -0.2) is 4.57 Å². The molecule has 1 aromatic heterocycles. The molecule has 2 aromatic rings. The molecule has 0 unspecified atom stereocenters. The Bertz CT molecular complexity index is 801. The largest absolute Gasteiger partial charge is 0.294 e. The van der Waals surface area contributed by atoms with Crippen molar-refractivity contribution in [2.75, 3.05) is 0 Å². The number of unbranched alkanes of at least 4 members (excludes halogenated alkanes) is 9. The van der Waals surface area contributed by atoms with E-state index in [2.05, 4.69) is 42.9 Å². The van der Waals surface area contributed by atoms with Crippen LogP contribution in [0.25, 0.3) is 0 Å². The minimum absolute atomic E-state index is 0.0666. The molecule has 1 N–H and O–H groups in total. The molecule has 0 aliphatic heterocycles. The second-order valence-corrected chi connectivity index (χ2v) is 9.51. The molecule has 1 heterocycles. The third-order valence-corrected chi connectivity index (χ3v) is 5.96. The Morgan fingerprint density at radius 3 is 1.80 bits per heavy atom. The van der Waals surface area contributed by atoms with Crippen molar-refractivity contribution >= 4 is 10.1 Å². The van der Waals surface area contributed by atoms with Gasteiger partial charge in [0.15, 0.2) is 12.4 Å². The van der Waals surface area contributed by atoms with E-state index in [9.17, 15) is 8.42 Å². The molecule has 2 rings (SSSR count). The second kappa shape index (κ2) is 15.1. The van der Waals surface area contributed by atoms with Crippen LogP contribution < -0.4 is 4.57 Å². The van der Waals surface area contributed by atoms with E-state index in [0.717, 1.165) is 5.56 Å². The number of rotatable bonds is 12. The van der Waals surface area contributed by atoms with Gasteiger partial charge in [-0.2, -0.15) is 8.42 Å². The van der Waals surface area contributed by atoms with Crippen LogP contribution in [-0.4, -0.2) is 13.0 Å². The summed E-state index contributed by atoms with van der Waals surface area (Å²) >= 11 is 0.